The first kappa shape index (κ1) is 14.9. The molecule has 23 heavy (non-hydrogen) atoms. The van der Waals surface area contributed by atoms with Crippen LogP contribution in [0.25, 0.3) is 22.3 Å². The van der Waals surface area contributed by atoms with E-state index in [1.165, 1.54) is 26.3 Å². The van der Waals surface area contributed by atoms with Crippen LogP contribution in [0.4, 0.5) is 10.1 Å². The third kappa shape index (κ3) is 2.48. The Morgan fingerprint density at radius 1 is 1.26 bits per heavy atom. The second-order valence-corrected chi connectivity index (χ2v) is 4.98. The fourth-order valence-corrected chi connectivity index (χ4v) is 2.47. The van der Waals surface area contributed by atoms with E-state index in [9.17, 15) is 9.18 Å². The maximum atomic E-state index is 13.1. The summed E-state index contributed by atoms with van der Waals surface area (Å²) in [4.78, 5) is 12.3. The standard InChI is InChI=1S/C17H15FN2O3/c1-20-17(21)15-11-7-14(22-2)12(19)8-13(11)23-16(15)9-3-5-10(18)6-4-9/h3-8H,19H2,1-2H3,(H,20,21). The summed E-state index contributed by atoms with van der Waals surface area (Å²) in [7, 11) is 3.03. The Hall–Kier alpha value is -3.02. The van der Waals surface area contributed by atoms with Gasteiger partial charge in [0.25, 0.3) is 5.91 Å². The molecule has 3 N–H and O–H groups in total. The molecular weight excluding hydrogens is 299 g/mol. The fourth-order valence-electron chi connectivity index (χ4n) is 2.47. The summed E-state index contributed by atoms with van der Waals surface area (Å²) < 4.78 is 24.2. The van der Waals surface area contributed by atoms with Crippen molar-refractivity contribution in [3.63, 3.8) is 0 Å². The van der Waals surface area contributed by atoms with Gasteiger partial charge in [-0.05, 0) is 30.3 Å². The number of ether oxygens (including phenoxy) is 1. The van der Waals surface area contributed by atoms with Gasteiger partial charge in [-0.25, -0.2) is 4.39 Å². The molecule has 0 bridgehead atoms. The molecule has 0 fully saturated rings. The van der Waals surface area contributed by atoms with Crippen molar-refractivity contribution in [2.45, 2.75) is 0 Å². The number of carbonyl (C=O) groups is 1. The van der Waals surface area contributed by atoms with Gasteiger partial charge in [-0.1, -0.05) is 0 Å². The molecule has 0 atom stereocenters. The zero-order valence-corrected chi connectivity index (χ0v) is 12.6. The molecule has 0 aliphatic carbocycles. The number of amides is 1. The molecule has 0 aliphatic heterocycles. The average Bonchev–Trinajstić information content (AvgIpc) is 2.92. The van der Waals surface area contributed by atoms with Crippen molar-refractivity contribution >= 4 is 22.6 Å². The third-order valence-corrected chi connectivity index (χ3v) is 3.60. The van der Waals surface area contributed by atoms with E-state index in [0.717, 1.165) is 0 Å². The monoisotopic (exact) mass is 314 g/mol. The van der Waals surface area contributed by atoms with E-state index in [1.807, 2.05) is 0 Å². The Bertz CT molecular complexity index is 885. The molecule has 0 radical (unpaired) electrons. The molecule has 1 heterocycles. The summed E-state index contributed by atoms with van der Waals surface area (Å²) in [6, 6.07) is 9.00. The lowest BCUT2D eigenvalue weighted by Crippen LogP contribution is -2.18. The van der Waals surface area contributed by atoms with E-state index in [1.54, 1.807) is 24.3 Å². The van der Waals surface area contributed by atoms with Gasteiger partial charge in [0.2, 0.25) is 0 Å². The molecule has 6 heteroatoms. The number of halogens is 1. The molecule has 0 spiro atoms. The van der Waals surface area contributed by atoms with Crippen LogP contribution in [-0.4, -0.2) is 20.1 Å². The number of nitrogen functional groups attached to an aromatic ring is 1. The maximum Gasteiger partial charge on any atom is 0.255 e. The minimum Gasteiger partial charge on any atom is -0.495 e. The van der Waals surface area contributed by atoms with Gasteiger partial charge in [0.1, 0.15) is 22.9 Å². The lowest BCUT2D eigenvalue weighted by atomic mass is 10.0. The summed E-state index contributed by atoms with van der Waals surface area (Å²) >= 11 is 0. The Morgan fingerprint density at radius 3 is 2.57 bits per heavy atom. The molecule has 0 aliphatic rings. The quantitative estimate of drug-likeness (QED) is 0.728. The number of furan rings is 1. The van der Waals surface area contributed by atoms with Gasteiger partial charge in [-0.15, -0.1) is 0 Å². The van der Waals surface area contributed by atoms with Crippen molar-refractivity contribution < 1.29 is 18.3 Å². The minimum atomic E-state index is -0.364. The number of methoxy groups -OCH3 is 1. The second kappa shape index (κ2) is 5.64. The van der Waals surface area contributed by atoms with Crippen LogP contribution in [-0.2, 0) is 0 Å². The number of carbonyl (C=O) groups excluding carboxylic acids is 1. The third-order valence-electron chi connectivity index (χ3n) is 3.60. The zero-order chi connectivity index (χ0) is 16.6. The van der Waals surface area contributed by atoms with Gasteiger partial charge in [0.05, 0.1) is 18.4 Å². The maximum absolute atomic E-state index is 13.1. The van der Waals surface area contributed by atoms with Crippen LogP contribution in [0.1, 0.15) is 10.4 Å². The Balaban J connectivity index is 2.32. The molecule has 0 unspecified atom stereocenters. The first-order valence-electron chi connectivity index (χ1n) is 6.93. The lowest BCUT2D eigenvalue weighted by molar-refractivity contribution is 0.0964. The highest BCUT2D eigenvalue weighted by Gasteiger charge is 2.22. The van der Waals surface area contributed by atoms with Gasteiger partial charge < -0.3 is 20.2 Å². The first-order chi connectivity index (χ1) is 11.0. The molecule has 5 nitrogen and oxygen atoms in total. The summed E-state index contributed by atoms with van der Waals surface area (Å²) in [5, 5.41) is 3.17. The summed E-state index contributed by atoms with van der Waals surface area (Å²) in [5.74, 6) is 0.133. The number of rotatable bonds is 3. The van der Waals surface area contributed by atoms with Crippen molar-refractivity contribution in [1.82, 2.24) is 5.32 Å². The number of hydrogen-bond acceptors (Lipinski definition) is 4. The SMILES string of the molecule is CNC(=O)c1c(-c2ccc(F)cc2)oc2cc(N)c(OC)cc12. The van der Waals surface area contributed by atoms with Gasteiger partial charge in [0, 0.05) is 24.1 Å². The van der Waals surface area contributed by atoms with Crippen LogP contribution in [0, 0.1) is 5.82 Å². The number of hydrogen-bond donors (Lipinski definition) is 2. The van der Waals surface area contributed by atoms with Gasteiger partial charge in [-0.2, -0.15) is 0 Å². The smallest absolute Gasteiger partial charge is 0.255 e. The predicted octanol–water partition coefficient (Wildman–Crippen LogP) is 3.19. The lowest BCUT2D eigenvalue weighted by Gasteiger charge is -2.04. The van der Waals surface area contributed by atoms with E-state index in [2.05, 4.69) is 5.32 Å². The largest absolute Gasteiger partial charge is 0.495 e. The van der Waals surface area contributed by atoms with Crippen molar-refractivity contribution in [2.24, 2.45) is 0 Å². The molecule has 2 aromatic carbocycles. The average molecular weight is 314 g/mol. The van der Waals surface area contributed by atoms with Crippen LogP contribution in [0.3, 0.4) is 0 Å². The first-order valence-corrected chi connectivity index (χ1v) is 6.93. The number of anilines is 1. The Kier molecular flexibility index (Phi) is 3.65. The molecule has 1 amide bonds. The fraction of sp³-hybridized carbons (Fsp3) is 0.118. The van der Waals surface area contributed by atoms with Crippen molar-refractivity contribution in [3.05, 3.63) is 47.8 Å². The van der Waals surface area contributed by atoms with Crippen LogP contribution >= 0.6 is 0 Å². The van der Waals surface area contributed by atoms with E-state index < -0.39 is 0 Å². The molecule has 1 aromatic heterocycles. The van der Waals surface area contributed by atoms with Gasteiger partial charge in [-0.3, -0.25) is 4.79 Å². The van der Waals surface area contributed by atoms with Crippen molar-refractivity contribution in [2.75, 3.05) is 19.9 Å². The summed E-state index contributed by atoms with van der Waals surface area (Å²) in [6.07, 6.45) is 0. The zero-order valence-electron chi connectivity index (χ0n) is 12.6. The van der Waals surface area contributed by atoms with Gasteiger partial charge >= 0.3 is 0 Å². The molecule has 3 rings (SSSR count). The predicted molar refractivity (Wildman–Crippen MR) is 86.0 cm³/mol. The second-order valence-electron chi connectivity index (χ2n) is 4.98. The topological polar surface area (TPSA) is 77.5 Å². The Morgan fingerprint density at radius 2 is 1.96 bits per heavy atom. The molecule has 0 saturated carbocycles. The molecular formula is C17H15FN2O3. The highest BCUT2D eigenvalue weighted by Crippen LogP contribution is 2.37. The number of nitrogens with two attached hydrogens (primary N) is 1. The number of fused-ring (bicyclic) bond motifs is 1. The van der Waals surface area contributed by atoms with Crippen LogP contribution < -0.4 is 15.8 Å². The highest BCUT2D eigenvalue weighted by molar-refractivity contribution is 6.11. The van der Waals surface area contributed by atoms with Crippen molar-refractivity contribution in [3.8, 4) is 17.1 Å². The number of benzene rings is 2. The van der Waals surface area contributed by atoms with Crippen molar-refractivity contribution in [1.29, 1.82) is 0 Å². The van der Waals surface area contributed by atoms with Gasteiger partial charge in [0.15, 0.2) is 0 Å². The van der Waals surface area contributed by atoms with Crippen LogP contribution in [0.2, 0.25) is 0 Å². The normalized spacial score (nSPS) is 10.7. The van der Waals surface area contributed by atoms with E-state index in [4.69, 9.17) is 14.9 Å². The van der Waals surface area contributed by atoms with E-state index in [-0.39, 0.29) is 11.7 Å². The van der Waals surface area contributed by atoms with E-state index in [0.29, 0.717) is 39.3 Å². The van der Waals surface area contributed by atoms with Crippen LogP contribution in [0.5, 0.6) is 5.75 Å². The van der Waals surface area contributed by atoms with E-state index >= 15 is 0 Å². The minimum absolute atomic E-state index is 0.310. The molecule has 0 saturated heterocycles. The Labute approximate surface area is 131 Å². The molecule has 118 valence electrons. The van der Waals surface area contributed by atoms with Crippen LogP contribution in [0.15, 0.2) is 40.8 Å². The highest BCUT2D eigenvalue weighted by atomic mass is 19.1. The molecule has 3 aromatic rings. The summed E-state index contributed by atoms with van der Waals surface area (Å²) in [5.41, 5.74) is 7.70. The summed E-state index contributed by atoms with van der Waals surface area (Å²) in [6.45, 7) is 0. The number of nitrogens with one attached hydrogen (secondary N) is 1.